The summed E-state index contributed by atoms with van der Waals surface area (Å²) in [5.41, 5.74) is 0.380. The van der Waals surface area contributed by atoms with Crippen molar-refractivity contribution in [3.05, 3.63) is 56.6 Å². The van der Waals surface area contributed by atoms with Crippen molar-refractivity contribution in [2.24, 2.45) is 7.05 Å². The highest BCUT2D eigenvalue weighted by Crippen LogP contribution is 2.24. The Morgan fingerprint density at radius 2 is 1.90 bits per heavy atom. The Labute approximate surface area is 231 Å². The van der Waals surface area contributed by atoms with Crippen LogP contribution >= 0.6 is 0 Å². The van der Waals surface area contributed by atoms with Crippen LogP contribution in [0.4, 0.5) is 19.1 Å². The number of piperidine rings is 1. The summed E-state index contributed by atoms with van der Waals surface area (Å²) >= 11 is 0. The lowest BCUT2D eigenvalue weighted by molar-refractivity contribution is -0.174. The molecule has 14 heteroatoms. The predicted molar refractivity (Wildman–Crippen MR) is 145 cm³/mol. The van der Waals surface area contributed by atoms with Crippen LogP contribution in [0.15, 0.2) is 33.9 Å². The van der Waals surface area contributed by atoms with Crippen LogP contribution in [0.2, 0.25) is 0 Å². The lowest BCUT2D eigenvalue weighted by Crippen LogP contribution is -2.51. The molecule has 0 radical (unpaired) electrons. The number of carbonyl (C=O) groups is 1. The smallest absolute Gasteiger partial charge is 0.344 e. The van der Waals surface area contributed by atoms with Gasteiger partial charge in [0, 0.05) is 37.3 Å². The number of hydrogen-bond acceptors (Lipinski definition) is 7. The van der Waals surface area contributed by atoms with Crippen LogP contribution in [0.25, 0.3) is 22.1 Å². The summed E-state index contributed by atoms with van der Waals surface area (Å²) in [7, 11) is 1.49. The highest BCUT2D eigenvalue weighted by Gasteiger charge is 2.40. The van der Waals surface area contributed by atoms with Crippen LogP contribution in [0.3, 0.4) is 0 Å². The lowest BCUT2D eigenvalue weighted by atomic mass is 10.1. The summed E-state index contributed by atoms with van der Waals surface area (Å²) in [6.45, 7) is 3.80. The van der Waals surface area contributed by atoms with Gasteiger partial charge in [-0.3, -0.25) is 23.3 Å². The number of hydrogen-bond donors (Lipinski definition) is 1. The van der Waals surface area contributed by atoms with Crippen molar-refractivity contribution in [2.45, 2.75) is 52.0 Å². The van der Waals surface area contributed by atoms with E-state index >= 15 is 0 Å². The van der Waals surface area contributed by atoms with E-state index in [1.54, 1.807) is 16.4 Å². The Morgan fingerprint density at radius 3 is 2.63 bits per heavy atom. The Balaban J connectivity index is 1.59. The number of halogens is 3. The standard InChI is InChI=1S/C27H27F3N8O3/c1-4-5-13-37-21-22(34-25(37)36-12-8-9-17(14-36)32-24(40)27(28,29)30)35(3)26(41)38(23(21)39)15-20-31-16(2)18-10-6-7-11-19(18)33-20/h6-7,10-11,17H,8-9,12-15H2,1-3H3,(H,32,40)/t17-/m0/s1. The number of aryl methyl sites for hydroxylation is 2. The lowest BCUT2D eigenvalue weighted by Gasteiger charge is -2.34. The van der Waals surface area contributed by atoms with E-state index in [-0.39, 0.29) is 36.7 Å². The first-order valence-electron chi connectivity index (χ1n) is 12.9. The molecule has 0 unspecified atom stereocenters. The van der Waals surface area contributed by atoms with Crippen molar-refractivity contribution in [2.75, 3.05) is 18.0 Å². The van der Waals surface area contributed by atoms with E-state index in [4.69, 9.17) is 0 Å². The van der Waals surface area contributed by atoms with Gasteiger partial charge in [0.1, 0.15) is 5.82 Å². The SMILES string of the molecule is CC#CCn1c(N2CCC[C@H](NC(=O)C(F)(F)F)C2)nc2c1c(=O)n(Cc1nc(C)c3ccccc3n1)c(=O)n2C. The maximum atomic E-state index is 13.8. The third-order valence-corrected chi connectivity index (χ3v) is 7.06. The molecule has 0 aliphatic carbocycles. The average molecular weight is 569 g/mol. The number of anilines is 1. The van der Waals surface area contributed by atoms with E-state index in [1.807, 2.05) is 36.5 Å². The minimum Gasteiger partial charge on any atom is -0.344 e. The van der Waals surface area contributed by atoms with Gasteiger partial charge in [0.2, 0.25) is 5.95 Å². The molecule has 1 fully saturated rings. The number of alkyl halides is 3. The quantitative estimate of drug-likeness (QED) is 0.365. The molecular formula is C27H27F3N8O3. The minimum absolute atomic E-state index is 0.0387. The normalized spacial score (nSPS) is 15.7. The average Bonchev–Trinajstić information content (AvgIpc) is 3.32. The highest BCUT2D eigenvalue weighted by atomic mass is 19.4. The van der Waals surface area contributed by atoms with E-state index in [0.29, 0.717) is 36.4 Å². The summed E-state index contributed by atoms with van der Waals surface area (Å²) in [6, 6.07) is 6.65. The predicted octanol–water partition coefficient (Wildman–Crippen LogP) is 1.87. The number of para-hydroxylation sites is 1. The van der Waals surface area contributed by atoms with Crippen LogP contribution in [0.1, 0.15) is 31.3 Å². The van der Waals surface area contributed by atoms with Crippen LogP contribution in [-0.4, -0.2) is 59.9 Å². The van der Waals surface area contributed by atoms with Crippen LogP contribution in [0, 0.1) is 18.8 Å². The van der Waals surface area contributed by atoms with Crippen molar-refractivity contribution < 1.29 is 18.0 Å². The number of rotatable bonds is 5. The third-order valence-electron chi connectivity index (χ3n) is 7.06. The van der Waals surface area contributed by atoms with Gasteiger partial charge in [-0.05, 0) is 32.8 Å². The Morgan fingerprint density at radius 1 is 1.15 bits per heavy atom. The number of carbonyl (C=O) groups excluding carboxylic acids is 1. The molecule has 0 bridgehead atoms. The van der Waals surface area contributed by atoms with Gasteiger partial charge in [-0.1, -0.05) is 24.1 Å². The minimum atomic E-state index is -5.00. The summed E-state index contributed by atoms with van der Waals surface area (Å²) in [6.07, 6.45) is -4.17. The van der Waals surface area contributed by atoms with Gasteiger partial charge in [-0.15, -0.1) is 5.92 Å². The number of benzene rings is 1. The third kappa shape index (κ3) is 5.27. The van der Waals surface area contributed by atoms with Crippen LogP contribution in [-0.2, 0) is 24.9 Å². The van der Waals surface area contributed by atoms with Gasteiger partial charge in [0.15, 0.2) is 11.2 Å². The fourth-order valence-corrected chi connectivity index (χ4v) is 5.10. The second-order valence-corrected chi connectivity index (χ2v) is 9.83. The van der Waals surface area contributed by atoms with E-state index in [9.17, 15) is 27.6 Å². The van der Waals surface area contributed by atoms with Gasteiger partial charge >= 0.3 is 17.8 Å². The molecule has 1 atom stereocenters. The number of amides is 1. The fraction of sp³-hybridized carbons (Fsp3) is 0.407. The zero-order valence-electron chi connectivity index (χ0n) is 22.6. The van der Waals surface area contributed by atoms with Gasteiger partial charge < -0.3 is 10.2 Å². The zero-order chi connectivity index (χ0) is 29.5. The first kappa shape index (κ1) is 27.9. The molecule has 4 heterocycles. The number of nitrogens with one attached hydrogen (secondary N) is 1. The second-order valence-electron chi connectivity index (χ2n) is 9.83. The summed E-state index contributed by atoms with van der Waals surface area (Å²) in [5, 5.41) is 2.90. The van der Waals surface area contributed by atoms with Gasteiger partial charge in [-0.25, -0.2) is 14.8 Å². The first-order chi connectivity index (χ1) is 19.5. The highest BCUT2D eigenvalue weighted by molar-refractivity contribution is 5.82. The Hall–Kier alpha value is -4.67. The molecule has 4 aromatic rings. The molecule has 1 aliphatic rings. The van der Waals surface area contributed by atoms with E-state index in [1.165, 1.54) is 11.6 Å². The van der Waals surface area contributed by atoms with Gasteiger partial charge in [0.25, 0.3) is 5.56 Å². The van der Waals surface area contributed by atoms with Crippen molar-refractivity contribution in [1.82, 2.24) is 34.0 Å². The molecule has 11 nitrogen and oxygen atoms in total. The van der Waals surface area contributed by atoms with E-state index in [2.05, 4.69) is 26.8 Å². The molecule has 0 spiro atoms. The number of fused-ring (bicyclic) bond motifs is 2. The Bertz CT molecular complexity index is 1840. The molecule has 1 aromatic carbocycles. The monoisotopic (exact) mass is 568 g/mol. The van der Waals surface area contributed by atoms with E-state index in [0.717, 1.165) is 9.95 Å². The van der Waals surface area contributed by atoms with Crippen molar-refractivity contribution in [3.8, 4) is 11.8 Å². The molecule has 0 saturated carbocycles. The molecule has 1 amide bonds. The van der Waals surface area contributed by atoms with Crippen molar-refractivity contribution in [1.29, 1.82) is 0 Å². The van der Waals surface area contributed by atoms with E-state index < -0.39 is 29.4 Å². The fourth-order valence-electron chi connectivity index (χ4n) is 5.10. The molecule has 3 aromatic heterocycles. The molecule has 1 saturated heterocycles. The van der Waals surface area contributed by atoms with Crippen molar-refractivity contribution >= 4 is 33.9 Å². The maximum Gasteiger partial charge on any atom is 0.471 e. The van der Waals surface area contributed by atoms with Crippen molar-refractivity contribution in [3.63, 3.8) is 0 Å². The Kier molecular flexibility index (Phi) is 7.29. The molecular weight excluding hydrogens is 541 g/mol. The molecule has 5 rings (SSSR count). The molecule has 1 aliphatic heterocycles. The number of nitrogens with zero attached hydrogens (tertiary/aromatic N) is 7. The van der Waals surface area contributed by atoms with Gasteiger partial charge in [0.05, 0.1) is 18.6 Å². The molecule has 41 heavy (non-hydrogen) atoms. The summed E-state index contributed by atoms with van der Waals surface area (Å²) in [4.78, 5) is 54.1. The largest absolute Gasteiger partial charge is 0.471 e. The van der Waals surface area contributed by atoms with Gasteiger partial charge in [-0.2, -0.15) is 18.2 Å². The second kappa shape index (κ2) is 10.7. The summed E-state index contributed by atoms with van der Waals surface area (Å²) in [5.74, 6) is 4.25. The topological polar surface area (TPSA) is 120 Å². The van der Waals surface area contributed by atoms with Crippen LogP contribution in [0.5, 0.6) is 0 Å². The van der Waals surface area contributed by atoms with Crippen LogP contribution < -0.4 is 21.5 Å². The molecule has 1 N–H and O–H groups in total. The maximum absolute atomic E-state index is 13.8. The zero-order valence-corrected chi connectivity index (χ0v) is 22.6. The molecule has 214 valence electrons. The summed E-state index contributed by atoms with van der Waals surface area (Å²) < 4.78 is 42.4. The first-order valence-corrected chi connectivity index (χ1v) is 12.9. The number of imidazole rings is 1. The number of aromatic nitrogens is 6.